The topological polar surface area (TPSA) is 62.3 Å². The Morgan fingerprint density at radius 1 is 0.886 bits per heavy atom. The second kappa shape index (κ2) is 16.1. The van der Waals surface area contributed by atoms with Crippen molar-refractivity contribution in [2.24, 2.45) is 11.8 Å². The van der Waals surface area contributed by atoms with Crippen molar-refractivity contribution in [3.63, 3.8) is 0 Å². The van der Waals surface area contributed by atoms with Gasteiger partial charge in [-0.15, -0.1) is 0 Å². The van der Waals surface area contributed by atoms with Gasteiger partial charge in [0.15, 0.2) is 0 Å². The molecule has 2 aliphatic rings. The van der Waals surface area contributed by atoms with Crippen molar-refractivity contribution >= 4 is 20.1 Å². The lowest BCUT2D eigenvalue weighted by atomic mass is 9.95. The van der Waals surface area contributed by atoms with E-state index in [2.05, 4.69) is 78.8 Å². The quantitative estimate of drug-likeness (QED) is 0.186. The number of carbonyl (C=O) groups excluding carboxylic acids is 2. The molecule has 7 nitrogen and oxygen atoms in total. The van der Waals surface area contributed by atoms with Gasteiger partial charge in [0.1, 0.15) is 6.61 Å². The fourth-order valence-electron chi connectivity index (χ4n) is 6.15. The van der Waals surface area contributed by atoms with Gasteiger partial charge >= 0.3 is 6.09 Å². The third-order valence-electron chi connectivity index (χ3n) is 8.03. The second-order valence-electron chi connectivity index (χ2n) is 13.3. The standard InChI is InChI=1S/C23H26N2O3.C13H23NOSi/c1-17-13-24(14-19-10-6-3-7-11-19)15-21(17)22(26)25-20(16-28-23(25)27)12-18-8-4-2-5-9-18;1-15-11-14(12-16(2,3)4)10-13-8-6-5-7-9-13/h2-11,17,20-21H,12-16H2,1H3;5-9H,10-12H2,1-4H3. The lowest BCUT2D eigenvalue weighted by Crippen LogP contribution is -2.45. The van der Waals surface area contributed by atoms with E-state index in [0.717, 1.165) is 31.9 Å². The number of cyclic esters (lactones) is 1. The highest BCUT2D eigenvalue weighted by molar-refractivity contribution is 6.76. The van der Waals surface area contributed by atoms with Gasteiger partial charge in [0.25, 0.3) is 0 Å². The molecular weight excluding hydrogens is 566 g/mol. The van der Waals surface area contributed by atoms with Crippen molar-refractivity contribution < 1.29 is 19.1 Å². The molecule has 0 aromatic heterocycles. The van der Waals surface area contributed by atoms with E-state index >= 15 is 0 Å². The minimum absolute atomic E-state index is 0.0912. The van der Waals surface area contributed by atoms with E-state index in [4.69, 9.17) is 9.47 Å². The summed E-state index contributed by atoms with van der Waals surface area (Å²) in [5, 5.41) is 0. The van der Waals surface area contributed by atoms with Gasteiger partial charge in [-0.3, -0.25) is 14.6 Å². The summed E-state index contributed by atoms with van der Waals surface area (Å²) in [5.41, 5.74) is 3.71. The number of hydrogen-bond donors (Lipinski definition) is 0. The summed E-state index contributed by atoms with van der Waals surface area (Å²) < 4.78 is 10.5. The van der Waals surface area contributed by atoms with Crippen LogP contribution in [0.5, 0.6) is 0 Å². The summed E-state index contributed by atoms with van der Waals surface area (Å²) >= 11 is 0. The highest BCUT2D eigenvalue weighted by atomic mass is 28.3. The Morgan fingerprint density at radius 3 is 2.02 bits per heavy atom. The molecule has 2 heterocycles. The van der Waals surface area contributed by atoms with Crippen LogP contribution in [0, 0.1) is 11.8 Å². The molecule has 2 amide bonds. The fourth-order valence-corrected chi connectivity index (χ4v) is 7.69. The Labute approximate surface area is 264 Å². The fraction of sp³-hybridized carbons (Fsp3) is 0.444. The first kappa shape index (κ1) is 33.6. The molecule has 2 aliphatic heterocycles. The monoisotopic (exact) mass is 615 g/mol. The molecule has 2 fully saturated rings. The maximum absolute atomic E-state index is 13.3. The number of likely N-dealkylation sites (tertiary alicyclic amines) is 1. The summed E-state index contributed by atoms with van der Waals surface area (Å²) in [5.74, 6) is -0.0545. The van der Waals surface area contributed by atoms with Crippen LogP contribution < -0.4 is 0 Å². The van der Waals surface area contributed by atoms with Crippen LogP contribution in [-0.2, 0) is 33.8 Å². The average molecular weight is 616 g/mol. The molecular formula is C36H49N3O4Si. The number of imide groups is 1. The molecule has 8 heteroatoms. The molecule has 0 aliphatic carbocycles. The van der Waals surface area contributed by atoms with Gasteiger partial charge in [0.05, 0.1) is 26.8 Å². The van der Waals surface area contributed by atoms with E-state index in [1.165, 1.54) is 22.2 Å². The summed E-state index contributed by atoms with van der Waals surface area (Å²) in [6.07, 6.45) is 1.31. The minimum Gasteiger partial charge on any atom is -0.447 e. The Kier molecular flexibility index (Phi) is 12.3. The maximum atomic E-state index is 13.3. The zero-order valence-corrected chi connectivity index (χ0v) is 28.0. The number of hydrogen-bond acceptors (Lipinski definition) is 6. The second-order valence-corrected chi connectivity index (χ2v) is 18.8. The predicted molar refractivity (Wildman–Crippen MR) is 179 cm³/mol. The van der Waals surface area contributed by atoms with Gasteiger partial charge in [0.2, 0.25) is 5.91 Å². The Bertz CT molecular complexity index is 1300. The first-order valence-electron chi connectivity index (χ1n) is 15.7. The van der Waals surface area contributed by atoms with Crippen LogP contribution in [0.3, 0.4) is 0 Å². The Hall–Kier alpha value is -3.30. The molecule has 0 radical (unpaired) electrons. The van der Waals surface area contributed by atoms with Crippen LogP contribution in [0.25, 0.3) is 0 Å². The summed E-state index contributed by atoms with van der Waals surface area (Å²) in [6, 6.07) is 30.6. The normalized spacial score (nSPS) is 20.4. The molecule has 3 atom stereocenters. The highest BCUT2D eigenvalue weighted by Gasteiger charge is 2.44. The van der Waals surface area contributed by atoms with Crippen LogP contribution in [-0.4, -0.2) is 80.5 Å². The molecule has 0 bridgehead atoms. The molecule has 0 N–H and O–H groups in total. The van der Waals surface area contributed by atoms with E-state index in [9.17, 15) is 9.59 Å². The van der Waals surface area contributed by atoms with E-state index in [1.54, 1.807) is 7.11 Å². The maximum Gasteiger partial charge on any atom is 0.416 e. The lowest BCUT2D eigenvalue weighted by molar-refractivity contribution is -0.134. The van der Waals surface area contributed by atoms with Crippen LogP contribution in [0.4, 0.5) is 4.79 Å². The van der Waals surface area contributed by atoms with E-state index in [0.29, 0.717) is 13.0 Å². The van der Waals surface area contributed by atoms with E-state index in [-0.39, 0.29) is 30.4 Å². The molecule has 0 spiro atoms. The van der Waals surface area contributed by atoms with Crippen molar-refractivity contribution in [1.29, 1.82) is 0 Å². The Balaban J connectivity index is 0.000000236. The van der Waals surface area contributed by atoms with Crippen molar-refractivity contribution in [2.45, 2.75) is 52.1 Å². The number of benzene rings is 3. The first-order valence-corrected chi connectivity index (χ1v) is 19.4. The number of rotatable bonds is 11. The van der Waals surface area contributed by atoms with Gasteiger partial charge in [-0.2, -0.15) is 0 Å². The van der Waals surface area contributed by atoms with Crippen molar-refractivity contribution in [3.05, 3.63) is 108 Å². The number of amides is 2. The number of carbonyl (C=O) groups is 2. The van der Waals surface area contributed by atoms with Crippen LogP contribution in [0.2, 0.25) is 19.6 Å². The third-order valence-corrected chi connectivity index (χ3v) is 9.42. The molecule has 3 aromatic rings. The van der Waals surface area contributed by atoms with Crippen LogP contribution >= 0.6 is 0 Å². The SMILES string of the molecule is CC1CN(Cc2ccccc2)CC1C(=O)N1C(=O)OCC1Cc1ccccc1.COCN(Cc1ccccc1)C[Si](C)(C)C. The first-order chi connectivity index (χ1) is 21.1. The smallest absolute Gasteiger partial charge is 0.416 e. The van der Waals surface area contributed by atoms with E-state index in [1.807, 2.05) is 48.5 Å². The van der Waals surface area contributed by atoms with Crippen molar-refractivity contribution in [1.82, 2.24) is 14.7 Å². The number of nitrogens with zero attached hydrogens (tertiary/aromatic N) is 3. The zero-order valence-electron chi connectivity index (χ0n) is 27.0. The van der Waals surface area contributed by atoms with Crippen LogP contribution in [0.15, 0.2) is 91.0 Å². The van der Waals surface area contributed by atoms with Gasteiger partial charge in [-0.1, -0.05) is 118 Å². The molecule has 0 saturated carbocycles. The van der Waals surface area contributed by atoms with Crippen LogP contribution in [0.1, 0.15) is 23.6 Å². The van der Waals surface area contributed by atoms with Gasteiger partial charge in [-0.25, -0.2) is 9.69 Å². The van der Waals surface area contributed by atoms with Gasteiger partial charge < -0.3 is 9.47 Å². The third kappa shape index (κ3) is 10.1. The highest BCUT2D eigenvalue weighted by Crippen LogP contribution is 2.29. The predicted octanol–water partition coefficient (Wildman–Crippen LogP) is 6.31. The summed E-state index contributed by atoms with van der Waals surface area (Å²) in [7, 11) is 0.701. The van der Waals surface area contributed by atoms with Crippen molar-refractivity contribution in [2.75, 3.05) is 39.7 Å². The number of ether oxygens (including phenoxy) is 2. The largest absolute Gasteiger partial charge is 0.447 e. The lowest BCUT2D eigenvalue weighted by Gasteiger charge is -2.28. The molecule has 44 heavy (non-hydrogen) atoms. The van der Waals surface area contributed by atoms with E-state index < -0.39 is 14.2 Å². The van der Waals surface area contributed by atoms with Crippen molar-refractivity contribution in [3.8, 4) is 0 Å². The zero-order chi connectivity index (χ0) is 31.5. The summed E-state index contributed by atoms with van der Waals surface area (Å²) in [4.78, 5) is 31.7. The molecule has 236 valence electrons. The molecule has 3 aromatic carbocycles. The average Bonchev–Trinajstić information content (AvgIpc) is 3.55. The van der Waals surface area contributed by atoms with Gasteiger partial charge in [-0.05, 0) is 35.2 Å². The molecule has 3 unspecified atom stereocenters. The molecule has 2 saturated heterocycles. The molecule has 5 rings (SSSR count). The Morgan fingerprint density at radius 2 is 1.45 bits per heavy atom. The van der Waals surface area contributed by atoms with Gasteiger partial charge in [0, 0.05) is 33.3 Å². The number of methoxy groups -OCH3 is 1. The summed E-state index contributed by atoms with van der Waals surface area (Å²) in [6.45, 7) is 13.6. The minimum atomic E-state index is -1.07.